The minimum atomic E-state index is -1.71. The van der Waals surface area contributed by atoms with Crippen LogP contribution in [0.5, 0.6) is 0 Å². The van der Waals surface area contributed by atoms with Gasteiger partial charge in [-0.2, -0.15) is 0 Å². The number of ether oxygens (including phenoxy) is 1. The van der Waals surface area contributed by atoms with Crippen LogP contribution in [0.3, 0.4) is 0 Å². The number of rotatable bonds is 28. The lowest BCUT2D eigenvalue weighted by molar-refractivity contribution is -0.156. The molecule has 0 aromatic rings. The van der Waals surface area contributed by atoms with Gasteiger partial charge in [0.15, 0.2) is 0 Å². The number of carbonyl (C=O) groups excluding carboxylic acids is 1. The van der Waals surface area contributed by atoms with E-state index in [4.69, 9.17) is 9.84 Å². The molecule has 0 rings (SSSR count). The van der Waals surface area contributed by atoms with Crippen molar-refractivity contribution in [3.63, 3.8) is 0 Å². The summed E-state index contributed by atoms with van der Waals surface area (Å²) in [6.07, 6.45) is 21.2. The zero-order chi connectivity index (χ0) is 27.6. The third-order valence-electron chi connectivity index (χ3n) is 7.22. The molecular weight excluding hydrogens is 472 g/mol. The van der Waals surface area contributed by atoms with Gasteiger partial charge in [-0.3, -0.25) is 4.79 Å². The quantitative estimate of drug-likeness (QED) is 0.0658. The van der Waals surface area contributed by atoms with Gasteiger partial charge in [0.25, 0.3) is 0 Å². The predicted octanol–water partition coefficient (Wildman–Crippen LogP) is 5.57. The Bertz CT molecular complexity index is 489. The molecule has 0 saturated heterocycles. The number of aliphatic hydroxyl groups excluding tert-OH is 5. The van der Waals surface area contributed by atoms with Crippen LogP contribution in [0.4, 0.5) is 0 Å². The SMILES string of the molecule is CCCCCCCCCCCCCCCCCCCCCCCC(=O)OC[C@H](O)[C@H](O)[C@@H](O)[C@@H](O)CO. The van der Waals surface area contributed by atoms with Gasteiger partial charge in [0.05, 0.1) is 6.61 Å². The second-order valence-corrected chi connectivity index (χ2v) is 10.8. The highest BCUT2D eigenvalue weighted by molar-refractivity contribution is 5.69. The molecule has 0 aromatic carbocycles. The smallest absolute Gasteiger partial charge is 0.305 e. The number of hydrogen-bond acceptors (Lipinski definition) is 7. The van der Waals surface area contributed by atoms with E-state index in [1.807, 2.05) is 0 Å². The van der Waals surface area contributed by atoms with Crippen molar-refractivity contribution >= 4 is 5.97 Å². The molecule has 0 amide bonds. The molecule has 0 bridgehead atoms. The maximum absolute atomic E-state index is 11.8. The Kier molecular flexibility index (Phi) is 26.3. The molecule has 0 aromatic heterocycles. The van der Waals surface area contributed by atoms with E-state index in [0.717, 1.165) is 19.3 Å². The summed E-state index contributed by atoms with van der Waals surface area (Å²) >= 11 is 0. The van der Waals surface area contributed by atoms with Crippen LogP contribution in [-0.4, -0.2) is 69.1 Å². The molecule has 222 valence electrons. The van der Waals surface area contributed by atoms with Gasteiger partial charge < -0.3 is 30.3 Å². The van der Waals surface area contributed by atoms with E-state index in [1.165, 1.54) is 116 Å². The monoisotopic (exact) mass is 532 g/mol. The van der Waals surface area contributed by atoms with Crippen LogP contribution in [0.15, 0.2) is 0 Å². The Balaban J connectivity index is 3.35. The Labute approximate surface area is 227 Å². The number of carbonyl (C=O) groups is 1. The van der Waals surface area contributed by atoms with Crippen molar-refractivity contribution in [1.29, 1.82) is 0 Å². The highest BCUT2D eigenvalue weighted by atomic mass is 16.5. The summed E-state index contributed by atoms with van der Waals surface area (Å²) in [7, 11) is 0. The van der Waals surface area contributed by atoms with Gasteiger partial charge in [-0.15, -0.1) is 0 Å². The first-order valence-electron chi connectivity index (χ1n) is 15.4. The van der Waals surface area contributed by atoms with Crippen LogP contribution in [0.2, 0.25) is 0 Å². The molecule has 0 radical (unpaired) electrons. The van der Waals surface area contributed by atoms with Crippen molar-refractivity contribution in [2.75, 3.05) is 13.2 Å². The molecule has 0 aliphatic carbocycles. The largest absolute Gasteiger partial charge is 0.463 e. The highest BCUT2D eigenvalue weighted by Gasteiger charge is 2.30. The summed E-state index contributed by atoms with van der Waals surface area (Å²) in [6, 6.07) is 0. The summed E-state index contributed by atoms with van der Waals surface area (Å²) in [5.41, 5.74) is 0. The zero-order valence-corrected chi connectivity index (χ0v) is 23.8. The molecule has 0 saturated carbocycles. The van der Waals surface area contributed by atoms with E-state index in [1.54, 1.807) is 0 Å². The fraction of sp³-hybridized carbons (Fsp3) is 0.967. The van der Waals surface area contributed by atoms with E-state index in [-0.39, 0.29) is 6.42 Å². The van der Waals surface area contributed by atoms with Gasteiger partial charge >= 0.3 is 5.97 Å². The number of unbranched alkanes of at least 4 members (excludes halogenated alkanes) is 20. The number of esters is 1. The average Bonchev–Trinajstić information content (AvgIpc) is 2.91. The van der Waals surface area contributed by atoms with E-state index in [0.29, 0.717) is 0 Å². The van der Waals surface area contributed by atoms with Crippen LogP contribution < -0.4 is 0 Å². The molecular formula is C30H60O7. The normalized spacial score (nSPS) is 14.9. The number of hydrogen-bond donors (Lipinski definition) is 5. The summed E-state index contributed by atoms with van der Waals surface area (Å²) < 4.78 is 4.93. The summed E-state index contributed by atoms with van der Waals surface area (Å²) in [5, 5.41) is 47.0. The summed E-state index contributed by atoms with van der Waals surface area (Å²) in [6.45, 7) is 1.06. The highest BCUT2D eigenvalue weighted by Crippen LogP contribution is 2.15. The molecule has 0 aliphatic rings. The Hall–Kier alpha value is -0.730. The van der Waals surface area contributed by atoms with Crippen molar-refractivity contribution in [2.45, 2.75) is 173 Å². The fourth-order valence-corrected chi connectivity index (χ4v) is 4.61. The first kappa shape index (κ1) is 36.3. The van der Waals surface area contributed by atoms with Crippen molar-refractivity contribution in [2.24, 2.45) is 0 Å². The molecule has 0 aliphatic heterocycles. The first-order chi connectivity index (χ1) is 17.9. The molecule has 4 atom stereocenters. The van der Waals surface area contributed by atoms with Gasteiger partial charge in [-0.05, 0) is 6.42 Å². The van der Waals surface area contributed by atoms with E-state index >= 15 is 0 Å². The molecule has 0 spiro atoms. The van der Waals surface area contributed by atoms with Crippen LogP contribution in [-0.2, 0) is 9.53 Å². The lowest BCUT2D eigenvalue weighted by atomic mass is 10.0. The zero-order valence-electron chi connectivity index (χ0n) is 23.8. The van der Waals surface area contributed by atoms with Gasteiger partial charge in [0.2, 0.25) is 0 Å². The van der Waals surface area contributed by atoms with Crippen molar-refractivity contribution in [3.8, 4) is 0 Å². The first-order valence-corrected chi connectivity index (χ1v) is 15.4. The maximum Gasteiger partial charge on any atom is 0.305 e. The molecule has 0 unspecified atom stereocenters. The lowest BCUT2D eigenvalue weighted by Gasteiger charge is -2.25. The maximum atomic E-state index is 11.8. The number of aliphatic hydroxyl groups is 5. The second kappa shape index (κ2) is 26.9. The van der Waals surface area contributed by atoms with Crippen molar-refractivity contribution in [3.05, 3.63) is 0 Å². The van der Waals surface area contributed by atoms with Crippen molar-refractivity contribution < 1.29 is 35.1 Å². The van der Waals surface area contributed by atoms with Gasteiger partial charge in [-0.25, -0.2) is 0 Å². The van der Waals surface area contributed by atoms with Crippen LogP contribution in [0.1, 0.15) is 148 Å². The molecule has 0 heterocycles. The standard InChI is InChI=1S/C30H60O7/c1-2-3-4-5-6-7-8-9-10-11-12-13-14-15-16-17-18-19-20-21-22-23-28(34)37-25-27(33)30(36)29(35)26(32)24-31/h26-27,29-33,35-36H,2-25H2,1H3/t26-,27-,29-,30-/m0/s1. The lowest BCUT2D eigenvalue weighted by Crippen LogP contribution is -2.47. The van der Waals surface area contributed by atoms with Crippen molar-refractivity contribution in [1.82, 2.24) is 0 Å². The Morgan fingerprint density at radius 2 is 0.865 bits per heavy atom. The average molecular weight is 533 g/mol. The van der Waals surface area contributed by atoms with Gasteiger partial charge in [-0.1, -0.05) is 135 Å². The third kappa shape index (κ3) is 22.9. The molecule has 5 N–H and O–H groups in total. The van der Waals surface area contributed by atoms with Gasteiger partial charge in [0.1, 0.15) is 31.0 Å². The van der Waals surface area contributed by atoms with Gasteiger partial charge in [0, 0.05) is 6.42 Å². The van der Waals surface area contributed by atoms with E-state index < -0.39 is 43.6 Å². The third-order valence-corrected chi connectivity index (χ3v) is 7.22. The van der Waals surface area contributed by atoms with Crippen LogP contribution in [0, 0.1) is 0 Å². The van der Waals surface area contributed by atoms with E-state index in [2.05, 4.69) is 6.92 Å². The summed E-state index contributed by atoms with van der Waals surface area (Å²) in [4.78, 5) is 11.8. The predicted molar refractivity (Wildman–Crippen MR) is 149 cm³/mol. The van der Waals surface area contributed by atoms with E-state index in [9.17, 15) is 25.2 Å². The van der Waals surface area contributed by atoms with Crippen LogP contribution >= 0.6 is 0 Å². The summed E-state index contributed by atoms with van der Waals surface area (Å²) in [5.74, 6) is -0.457. The topological polar surface area (TPSA) is 127 Å². The minimum absolute atomic E-state index is 0.254. The fourth-order valence-electron chi connectivity index (χ4n) is 4.61. The molecule has 7 nitrogen and oxygen atoms in total. The Morgan fingerprint density at radius 3 is 1.22 bits per heavy atom. The molecule has 37 heavy (non-hydrogen) atoms. The Morgan fingerprint density at radius 1 is 0.541 bits per heavy atom. The molecule has 0 fully saturated rings. The molecule has 7 heteroatoms. The van der Waals surface area contributed by atoms with Crippen LogP contribution in [0.25, 0.3) is 0 Å². The minimum Gasteiger partial charge on any atom is -0.463 e. The second-order valence-electron chi connectivity index (χ2n) is 10.8.